The summed E-state index contributed by atoms with van der Waals surface area (Å²) >= 11 is 0. The Bertz CT molecular complexity index is 2980. The van der Waals surface area contributed by atoms with Crippen LogP contribution in [-0.4, -0.2) is 14.5 Å². The summed E-state index contributed by atoms with van der Waals surface area (Å²) in [5.41, 5.74) is 9.42. The molecule has 0 aliphatic heterocycles. The second-order valence-corrected chi connectivity index (χ2v) is 13.8. The molecule has 0 saturated carbocycles. The number of benzene rings is 6. The Morgan fingerprint density at radius 3 is 2.14 bits per heavy atom. The van der Waals surface area contributed by atoms with Crippen LogP contribution in [0.25, 0.3) is 82.7 Å². The lowest BCUT2D eigenvalue weighted by Gasteiger charge is -2.24. The molecule has 0 saturated heterocycles. The topological polar surface area (TPSA) is 43.9 Å². The van der Waals surface area contributed by atoms with E-state index in [1.165, 1.54) is 28.3 Å². The molecular formula is C46H39N3O. The molecule has 3 aromatic heterocycles. The normalized spacial score (nSPS) is 14.4. The van der Waals surface area contributed by atoms with Crippen LogP contribution in [-0.2, 0) is 0 Å². The summed E-state index contributed by atoms with van der Waals surface area (Å²) in [6.07, 6.45) is 0. The maximum atomic E-state index is 8.35. The fourth-order valence-corrected chi connectivity index (χ4v) is 7.68. The van der Waals surface area contributed by atoms with Crippen molar-refractivity contribution >= 4 is 54.5 Å². The molecular weight excluding hydrogens is 611 g/mol. The number of rotatable bonds is 5. The SMILES string of the molecule is [2H]C([2H])([2H])c1cc2ccc3c(ccc4oc5c(-c6nc7ccccc7n6-c6c(C(C)C)cc(-c7ccccc7)cc6C(C)C)cccc5c43)c2c(C([2H])([2H])[2H])n1. The van der Waals surface area contributed by atoms with Crippen molar-refractivity contribution in [2.75, 3.05) is 0 Å². The van der Waals surface area contributed by atoms with E-state index in [9.17, 15) is 0 Å². The van der Waals surface area contributed by atoms with Gasteiger partial charge in [0.2, 0.25) is 0 Å². The van der Waals surface area contributed by atoms with E-state index in [4.69, 9.17) is 17.6 Å². The number of fused-ring (bicyclic) bond motifs is 8. The number of hydrogen-bond donors (Lipinski definition) is 0. The Morgan fingerprint density at radius 1 is 0.640 bits per heavy atom. The molecule has 0 radical (unpaired) electrons. The van der Waals surface area contributed by atoms with Gasteiger partial charge in [0.15, 0.2) is 0 Å². The molecule has 0 fully saturated rings. The van der Waals surface area contributed by atoms with Gasteiger partial charge in [-0.3, -0.25) is 9.55 Å². The molecule has 0 spiro atoms. The van der Waals surface area contributed by atoms with Gasteiger partial charge in [-0.1, -0.05) is 94.4 Å². The van der Waals surface area contributed by atoms with Crippen molar-refractivity contribution in [1.29, 1.82) is 0 Å². The quantitative estimate of drug-likeness (QED) is 0.173. The van der Waals surface area contributed by atoms with Gasteiger partial charge in [0.25, 0.3) is 0 Å². The zero-order valence-corrected chi connectivity index (χ0v) is 28.4. The number of imidazole rings is 1. The van der Waals surface area contributed by atoms with Crippen LogP contribution >= 0.6 is 0 Å². The van der Waals surface area contributed by atoms with Gasteiger partial charge in [-0.05, 0) is 112 Å². The second-order valence-electron chi connectivity index (χ2n) is 13.8. The van der Waals surface area contributed by atoms with E-state index >= 15 is 0 Å². The molecule has 0 aliphatic carbocycles. The van der Waals surface area contributed by atoms with E-state index in [0.29, 0.717) is 27.3 Å². The Balaban J connectivity index is 1.34. The minimum Gasteiger partial charge on any atom is -0.455 e. The van der Waals surface area contributed by atoms with E-state index < -0.39 is 13.7 Å². The fourth-order valence-electron chi connectivity index (χ4n) is 7.68. The van der Waals surface area contributed by atoms with Gasteiger partial charge in [0, 0.05) is 35.8 Å². The van der Waals surface area contributed by atoms with Gasteiger partial charge >= 0.3 is 0 Å². The first-order valence-electron chi connectivity index (χ1n) is 20.1. The maximum Gasteiger partial charge on any atom is 0.149 e. The molecule has 0 bridgehead atoms. The average Bonchev–Trinajstić information content (AvgIpc) is 3.75. The zero-order valence-electron chi connectivity index (χ0n) is 34.4. The Hall–Kier alpha value is -5.74. The highest BCUT2D eigenvalue weighted by Crippen LogP contribution is 2.44. The van der Waals surface area contributed by atoms with Crippen LogP contribution in [0.1, 0.15) is 70.3 Å². The molecule has 0 amide bonds. The van der Waals surface area contributed by atoms with Crippen LogP contribution in [0.2, 0.25) is 0 Å². The lowest BCUT2D eigenvalue weighted by molar-refractivity contribution is 0.669. The molecule has 0 unspecified atom stereocenters. The minimum absolute atomic E-state index is 0.202. The lowest BCUT2D eigenvalue weighted by atomic mass is 9.88. The van der Waals surface area contributed by atoms with Crippen LogP contribution in [0, 0.1) is 13.7 Å². The van der Waals surface area contributed by atoms with Crippen molar-refractivity contribution < 1.29 is 12.6 Å². The van der Waals surface area contributed by atoms with Crippen LogP contribution < -0.4 is 0 Å². The molecule has 9 rings (SSSR count). The number of nitrogens with zero attached hydrogens (tertiary/aromatic N) is 3. The Morgan fingerprint density at radius 2 is 1.38 bits per heavy atom. The summed E-state index contributed by atoms with van der Waals surface area (Å²) in [4.78, 5) is 9.56. The molecule has 0 aliphatic rings. The lowest BCUT2D eigenvalue weighted by Crippen LogP contribution is -2.09. The monoisotopic (exact) mass is 655 g/mol. The number of aromatic nitrogens is 3. The average molecular weight is 656 g/mol. The third-order valence-electron chi connectivity index (χ3n) is 10.00. The first-order chi connectivity index (χ1) is 26.7. The van der Waals surface area contributed by atoms with E-state index in [-0.39, 0.29) is 23.2 Å². The minimum atomic E-state index is -2.64. The highest BCUT2D eigenvalue weighted by atomic mass is 16.3. The molecule has 4 heteroatoms. The number of pyridine rings is 1. The summed E-state index contributed by atoms with van der Waals surface area (Å²) in [5.74, 6) is 1.16. The predicted molar refractivity (Wildman–Crippen MR) is 210 cm³/mol. The molecule has 4 nitrogen and oxygen atoms in total. The van der Waals surface area contributed by atoms with Crippen LogP contribution in [0.15, 0.2) is 120 Å². The second kappa shape index (κ2) is 11.4. The van der Waals surface area contributed by atoms with Crippen LogP contribution in [0.4, 0.5) is 0 Å². The van der Waals surface area contributed by atoms with E-state index in [1.807, 2.05) is 54.6 Å². The van der Waals surface area contributed by atoms with Gasteiger partial charge in [0.05, 0.1) is 22.3 Å². The summed E-state index contributed by atoms with van der Waals surface area (Å²) in [6, 6.07) is 38.4. The van der Waals surface area contributed by atoms with Crippen molar-refractivity contribution in [3.05, 3.63) is 138 Å². The third kappa shape index (κ3) is 4.59. The van der Waals surface area contributed by atoms with Crippen molar-refractivity contribution in [3.8, 4) is 28.2 Å². The first kappa shape index (κ1) is 24.4. The van der Waals surface area contributed by atoms with E-state index in [0.717, 1.165) is 44.3 Å². The smallest absolute Gasteiger partial charge is 0.149 e. The van der Waals surface area contributed by atoms with Gasteiger partial charge in [0.1, 0.15) is 17.0 Å². The Labute approximate surface area is 300 Å². The summed E-state index contributed by atoms with van der Waals surface area (Å²) in [5, 5.41) is 4.05. The molecule has 6 aromatic carbocycles. The maximum absolute atomic E-state index is 8.35. The van der Waals surface area contributed by atoms with Crippen molar-refractivity contribution in [2.45, 2.75) is 53.2 Å². The van der Waals surface area contributed by atoms with Gasteiger partial charge in [-0.2, -0.15) is 0 Å². The zero-order chi connectivity index (χ0) is 39.3. The first-order valence-corrected chi connectivity index (χ1v) is 17.1. The summed E-state index contributed by atoms with van der Waals surface area (Å²) < 4.78 is 58.0. The molecule has 0 N–H and O–H groups in total. The molecule has 0 atom stereocenters. The van der Waals surface area contributed by atoms with Gasteiger partial charge in [-0.15, -0.1) is 0 Å². The van der Waals surface area contributed by atoms with E-state index in [1.54, 1.807) is 6.07 Å². The standard InChI is InChI=1S/C46H39N3O/c1-26(2)37-24-32(30-13-8-7-9-14-30)25-38(27(3)4)44(37)49-40-18-11-10-17-39(40)48-46(49)36-16-12-15-35-43-34-20-19-31-23-28(5)47-29(6)42(31)33(34)21-22-41(43)50-45(35)36/h7-27H,1-6H3/i5D3,6D3. The number of para-hydroxylation sites is 3. The van der Waals surface area contributed by atoms with Crippen LogP contribution in [0.3, 0.4) is 0 Å². The van der Waals surface area contributed by atoms with Gasteiger partial charge < -0.3 is 4.42 Å². The molecule has 244 valence electrons. The van der Waals surface area contributed by atoms with E-state index in [2.05, 4.69) is 85.8 Å². The summed E-state index contributed by atoms with van der Waals surface area (Å²) in [7, 11) is 0. The molecule has 3 heterocycles. The largest absolute Gasteiger partial charge is 0.455 e. The number of hydrogen-bond acceptors (Lipinski definition) is 3. The highest BCUT2D eigenvalue weighted by molar-refractivity contribution is 6.25. The van der Waals surface area contributed by atoms with Crippen molar-refractivity contribution in [3.63, 3.8) is 0 Å². The number of furan rings is 1. The molecule has 9 aromatic rings. The third-order valence-corrected chi connectivity index (χ3v) is 10.00. The molecule has 50 heavy (non-hydrogen) atoms. The van der Waals surface area contributed by atoms with Crippen molar-refractivity contribution in [2.24, 2.45) is 0 Å². The van der Waals surface area contributed by atoms with Gasteiger partial charge in [-0.25, -0.2) is 4.98 Å². The predicted octanol–water partition coefficient (Wildman–Crippen LogP) is 12.8. The Kier molecular flexibility index (Phi) is 5.57. The van der Waals surface area contributed by atoms with Crippen LogP contribution in [0.5, 0.6) is 0 Å². The fraction of sp³-hybridized carbons (Fsp3) is 0.174. The summed E-state index contributed by atoms with van der Waals surface area (Å²) in [6.45, 7) is 3.75. The van der Waals surface area contributed by atoms with Crippen molar-refractivity contribution in [1.82, 2.24) is 14.5 Å². The highest BCUT2D eigenvalue weighted by Gasteiger charge is 2.26. The number of aryl methyl sites for hydroxylation is 2.